The summed E-state index contributed by atoms with van der Waals surface area (Å²) < 4.78 is 12.1. The maximum Gasteiger partial charge on any atom is 0.348 e. The number of hydrogen-bond donors (Lipinski definition) is 0. The Morgan fingerprint density at radius 1 is 1.00 bits per heavy atom. The Labute approximate surface area is 164 Å². The molecule has 4 aliphatic rings. The van der Waals surface area contributed by atoms with E-state index in [4.69, 9.17) is 0 Å². The van der Waals surface area contributed by atoms with Crippen molar-refractivity contribution in [1.29, 1.82) is 0 Å². The predicted molar refractivity (Wildman–Crippen MR) is 105 cm³/mol. The van der Waals surface area contributed by atoms with Crippen molar-refractivity contribution in [3.05, 3.63) is 0 Å². The summed E-state index contributed by atoms with van der Waals surface area (Å²) in [5.41, 5.74) is 0.924. The summed E-state index contributed by atoms with van der Waals surface area (Å²) in [5, 5.41) is 0. The van der Waals surface area contributed by atoms with E-state index in [-0.39, 0.29) is 6.42 Å². The van der Waals surface area contributed by atoms with E-state index in [1.54, 1.807) is 0 Å². The molecule has 4 saturated carbocycles. The number of carbonyl (C=O) groups is 1. The average molecular weight is 379 g/mol. The van der Waals surface area contributed by atoms with Crippen molar-refractivity contribution in [2.24, 2.45) is 46.3 Å². The molecule has 0 saturated heterocycles. The van der Waals surface area contributed by atoms with Gasteiger partial charge in [0.2, 0.25) is 0 Å². The lowest BCUT2D eigenvalue weighted by atomic mass is 9.42. The Kier molecular flexibility index (Phi) is 5.35. The quantitative estimate of drug-likeness (QED) is 0.533. The number of rotatable bonds is 4. The second-order valence-corrected chi connectivity index (χ2v) is 10.9. The first-order valence-corrected chi connectivity index (χ1v) is 11.8. The highest BCUT2D eigenvalue weighted by atomic mass is 19.3. The third-order valence-corrected chi connectivity index (χ3v) is 10.3. The first-order chi connectivity index (χ1) is 12.9. The molecule has 8 atom stereocenters. The van der Waals surface area contributed by atoms with Gasteiger partial charge in [0.25, 0.3) is 0 Å². The summed E-state index contributed by atoms with van der Waals surface area (Å²) in [6, 6.07) is 0. The molecule has 0 aliphatic heterocycles. The van der Waals surface area contributed by atoms with E-state index in [9.17, 15) is 9.32 Å². The summed E-state index contributed by atoms with van der Waals surface area (Å²) in [6.07, 6.45) is 14.9. The number of fused-ring (bicyclic) bond motifs is 5. The molecule has 0 aromatic carbocycles. The van der Waals surface area contributed by atoms with Crippen molar-refractivity contribution in [2.75, 3.05) is 0 Å². The SMILES string of the molecule is CC[C@H]1CC2C3CCC(CCC(=O)OF)C3(C)CC[C@@H]2C2(C)CCCCC12. The molecule has 0 aromatic heterocycles. The van der Waals surface area contributed by atoms with Gasteiger partial charge in [-0.15, -0.1) is 0 Å². The minimum atomic E-state index is -0.683. The average Bonchev–Trinajstić information content (AvgIpc) is 3.01. The molecule has 154 valence electrons. The van der Waals surface area contributed by atoms with Crippen molar-refractivity contribution in [3.8, 4) is 0 Å². The van der Waals surface area contributed by atoms with Gasteiger partial charge in [0.15, 0.2) is 0 Å². The number of hydrogen-bond acceptors (Lipinski definition) is 2. The molecular formula is C24H39FO2. The van der Waals surface area contributed by atoms with Crippen molar-refractivity contribution in [1.82, 2.24) is 0 Å². The fourth-order valence-electron chi connectivity index (χ4n) is 8.93. The van der Waals surface area contributed by atoms with E-state index in [1.807, 2.05) is 0 Å². The minimum absolute atomic E-state index is 0.245. The molecule has 4 aliphatic carbocycles. The van der Waals surface area contributed by atoms with Crippen LogP contribution in [0.4, 0.5) is 4.53 Å². The summed E-state index contributed by atoms with van der Waals surface area (Å²) in [6.45, 7) is 7.58. The van der Waals surface area contributed by atoms with Gasteiger partial charge in [-0.3, -0.25) is 4.94 Å². The van der Waals surface area contributed by atoms with Crippen LogP contribution in [-0.2, 0) is 9.74 Å². The second-order valence-electron chi connectivity index (χ2n) is 10.9. The molecule has 27 heavy (non-hydrogen) atoms. The maximum atomic E-state index is 12.1. The van der Waals surface area contributed by atoms with Crippen LogP contribution in [0.5, 0.6) is 0 Å². The lowest BCUT2D eigenvalue weighted by Gasteiger charge is -2.62. The molecule has 0 N–H and O–H groups in total. The van der Waals surface area contributed by atoms with Crippen LogP contribution < -0.4 is 0 Å². The fourth-order valence-corrected chi connectivity index (χ4v) is 8.93. The lowest BCUT2D eigenvalue weighted by Crippen LogP contribution is -2.55. The Bertz CT molecular complexity index is 563. The Hall–Kier alpha value is -0.600. The van der Waals surface area contributed by atoms with E-state index in [0.29, 0.717) is 16.7 Å². The fraction of sp³-hybridized carbons (Fsp3) is 0.958. The van der Waals surface area contributed by atoms with Crippen LogP contribution in [0.3, 0.4) is 0 Å². The predicted octanol–water partition coefficient (Wildman–Crippen LogP) is 6.88. The first kappa shape index (κ1) is 19.7. The molecule has 0 aromatic rings. The van der Waals surface area contributed by atoms with Gasteiger partial charge in [-0.25, -0.2) is 4.79 Å². The topological polar surface area (TPSA) is 26.3 Å². The highest BCUT2D eigenvalue weighted by Gasteiger charge is 2.60. The largest absolute Gasteiger partial charge is 0.348 e. The molecule has 0 bridgehead atoms. The van der Waals surface area contributed by atoms with Gasteiger partial charge in [-0.2, -0.15) is 0 Å². The van der Waals surface area contributed by atoms with E-state index in [1.165, 1.54) is 64.2 Å². The van der Waals surface area contributed by atoms with Gasteiger partial charge < -0.3 is 0 Å². The zero-order valence-electron chi connectivity index (χ0n) is 17.6. The van der Waals surface area contributed by atoms with Crippen LogP contribution in [-0.4, -0.2) is 5.97 Å². The number of carbonyl (C=O) groups excluding carboxylic acids is 1. The van der Waals surface area contributed by atoms with E-state index >= 15 is 0 Å². The monoisotopic (exact) mass is 378 g/mol. The van der Waals surface area contributed by atoms with Gasteiger partial charge in [0, 0.05) is 10.9 Å². The zero-order chi connectivity index (χ0) is 19.2. The normalized spacial score (nSPS) is 49.0. The van der Waals surface area contributed by atoms with Gasteiger partial charge in [-0.1, -0.05) is 40.0 Å². The van der Waals surface area contributed by atoms with Crippen LogP contribution >= 0.6 is 0 Å². The molecule has 2 nitrogen and oxygen atoms in total. The second kappa shape index (κ2) is 7.34. The maximum absolute atomic E-state index is 12.1. The van der Waals surface area contributed by atoms with Crippen molar-refractivity contribution >= 4 is 5.97 Å². The molecule has 4 fully saturated rings. The summed E-state index contributed by atoms with van der Waals surface area (Å²) in [7, 11) is 0. The zero-order valence-corrected chi connectivity index (χ0v) is 17.6. The third-order valence-electron chi connectivity index (χ3n) is 10.3. The summed E-state index contributed by atoms with van der Waals surface area (Å²) >= 11 is 0. The standard InChI is InChI=1S/C24H39FO2/c1-4-16-15-18-20-10-8-17(9-11-22(26)27-25)23(20,2)14-12-21(18)24(3)13-6-5-7-19(16)24/h16-21H,4-15H2,1-3H3/t16-,17?,18?,19?,20?,21-,23?,24?/m0/s1. The van der Waals surface area contributed by atoms with Gasteiger partial charge in [0.1, 0.15) is 0 Å². The van der Waals surface area contributed by atoms with Crippen molar-refractivity contribution in [2.45, 2.75) is 97.8 Å². The number of halogens is 1. The third kappa shape index (κ3) is 3.06. The van der Waals surface area contributed by atoms with Crippen LogP contribution in [0, 0.1) is 46.3 Å². The molecular weight excluding hydrogens is 339 g/mol. The van der Waals surface area contributed by atoms with Crippen LogP contribution in [0.1, 0.15) is 97.8 Å². The van der Waals surface area contributed by atoms with Crippen LogP contribution in [0.2, 0.25) is 0 Å². The molecule has 6 unspecified atom stereocenters. The molecule has 0 spiro atoms. The molecule has 4 rings (SSSR count). The van der Waals surface area contributed by atoms with Gasteiger partial charge in [-0.05, 0) is 97.7 Å². The Balaban J connectivity index is 1.55. The van der Waals surface area contributed by atoms with Crippen LogP contribution in [0.25, 0.3) is 0 Å². The highest BCUT2D eigenvalue weighted by molar-refractivity contribution is 5.68. The molecule has 0 radical (unpaired) electrons. The lowest BCUT2D eigenvalue weighted by molar-refractivity contribution is -0.184. The van der Waals surface area contributed by atoms with Crippen molar-refractivity contribution < 1.29 is 14.3 Å². The van der Waals surface area contributed by atoms with Gasteiger partial charge >= 0.3 is 5.97 Å². The summed E-state index contributed by atoms with van der Waals surface area (Å²) in [5.74, 6) is 4.37. The first-order valence-electron chi connectivity index (χ1n) is 11.8. The molecule has 3 heteroatoms. The minimum Gasteiger partial charge on any atom is -0.255 e. The summed E-state index contributed by atoms with van der Waals surface area (Å²) in [4.78, 5) is 14.8. The van der Waals surface area contributed by atoms with E-state index < -0.39 is 5.97 Å². The molecule has 0 amide bonds. The van der Waals surface area contributed by atoms with Crippen LogP contribution in [0.15, 0.2) is 0 Å². The highest BCUT2D eigenvalue weighted by Crippen LogP contribution is 2.69. The van der Waals surface area contributed by atoms with Crippen molar-refractivity contribution in [3.63, 3.8) is 0 Å². The van der Waals surface area contributed by atoms with E-state index in [2.05, 4.69) is 25.7 Å². The Morgan fingerprint density at radius 2 is 1.78 bits per heavy atom. The van der Waals surface area contributed by atoms with Gasteiger partial charge in [0.05, 0.1) is 0 Å². The smallest absolute Gasteiger partial charge is 0.255 e. The Morgan fingerprint density at radius 3 is 2.52 bits per heavy atom. The molecule has 0 heterocycles. The van der Waals surface area contributed by atoms with E-state index in [0.717, 1.165) is 36.0 Å².